The molecule has 0 atom stereocenters. The fourth-order valence-electron chi connectivity index (χ4n) is 2.79. The van der Waals surface area contributed by atoms with Crippen LogP contribution in [0.4, 0.5) is 0 Å². The van der Waals surface area contributed by atoms with Crippen LogP contribution in [0.2, 0.25) is 0 Å². The van der Waals surface area contributed by atoms with E-state index in [0.29, 0.717) is 0 Å². The van der Waals surface area contributed by atoms with Crippen molar-refractivity contribution < 1.29 is 0 Å². The van der Waals surface area contributed by atoms with Gasteiger partial charge in [-0.2, -0.15) is 0 Å². The zero-order valence-corrected chi connectivity index (χ0v) is 15.4. The average Bonchev–Trinajstić information content (AvgIpc) is 2.74. The first-order valence-corrected chi connectivity index (χ1v) is 8.95. The van der Waals surface area contributed by atoms with Crippen LogP contribution in [-0.4, -0.2) is 0 Å². The summed E-state index contributed by atoms with van der Waals surface area (Å²) in [6.45, 7) is 12.5. The fraction of sp³-hybridized carbons (Fsp3) is 0.417. The van der Waals surface area contributed by atoms with Gasteiger partial charge in [0.15, 0.2) is 0 Å². The minimum atomic E-state index is 0. The van der Waals surface area contributed by atoms with Gasteiger partial charge in [0.25, 0.3) is 0 Å². The molecule has 0 fully saturated rings. The van der Waals surface area contributed by atoms with Crippen molar-refractivity contribution in [3.63, 3.8) is 0 Å². The lowest BCUT2D eigenvalue weighted by Gasteiger charge is -2.13. The van der Waals surface area contributed by atoms with Crippen LogP contribution in [0.15, 0.2) is 83.1 Å². The Kier molecular flexibility index (Phi) is 11.6. The molecule has 2 aliphatic carbocycles. The molecular formula is C24H36. The molecule has 0 heteroatoms. The molecule has 0 aliphatic heterocycles. The maximum absolute atomic E-state index is 4.20. The Morgan fingerprint density at radius 3 is 2.54 bits per heavy atom. The molecule has 24 heavy (non-hydrogen) atoms. The van der Waals surface area contributed by atoms with Crippen molar-refractivity contribution >= 4 is 0 Å². The minimum absolute atomic E-state index is 0. The molecule has 0 radical (unpaired) electrons. The second kappa shape index (κ2) is 12.6. The van der Waals surface area contributed by atoms with E-state index in [1.54, 1.807) is 0 Å². The van der Waals surface area contributed by atoms with Gasteiger partial charge in [-0.3, -0.25) is 0 Å². The van der Waals surface area contributed by atoms with Crippen LogP contribution < -0.4 is 0 Å². The monoisotopic (exact) mass is 324 g/mol. The normalized spacial score (nSPS) is 22.0. The van der Waals surface area contributed by atoms with E-state index in [4.69, 9.17) is 0 Å². The molecule has 0 amide bonds. The summed E-state index contributed by atoms with van der Waals surface area (Å²) in [6.07, 6.45) is 23.6. The van der Waals surface area contributed by atoms with Crippen molar-refractivity contribution in [1.82, 2.24) is 0 Å². The predicted octanol–water partition coefficient (Wildman–Crippen LogP) is 8.04. The first-order chi connectivity index (χ1) is 11.2. The van der Waals surface area contributed by atoms with Crippen molar-refractivity contribution in [2.45, 2.75) is 67.2 Å². The van der Waals surface area contributed by atoms with E-state index in [-0.39, 0.29) is 7.43 Å². The van der Waals surface area contributed by atoms with Gasteiger partial charge in [-0.05, 0) is 68.2 Å². The Bertz CT molecular complexity index is 571. The number of rotatable bonds is 3. The zero-order chi connectivity index (χ0) is 17.1. The van der Waals surface area contributed by atoms with Gasteiger partial charge in [0.2, 0.25) is 0 Å². The maximum atomic E-state index is 4.20. The highest BCUT2D eigenvalue weighted by atomic mass is 14.1. The van der Waals surface area contributed by atoms with E-state index in [1.807, 2.05) is 20.8 Å². The minimum Gasteiger partial charge on any atom is -0.0912 e. The second-order valence-corrected chi connectivity index (χ2v) is 5.82. The molecule has 0 aromatic heterocycles. The van der Waals surface area contributed by atoms with Crippen molar-refractivity contribution in [2.75, 3.05) is 0 Å². The molecule has 0 nitrogen and oxygen atoms in total. The molecule has 0 saturated carbocycles. The Morgan fingerprint density at radius 1 is 1.08 bits per heavy atom. The first-order valence-electron chi connectivity index (χ1n) is 8.95. The largest absolute Gasteiger partial charge is 0.0912 e. The van der Waals surface area contributed by atoms with Crippen LogP contribution in [0.1, 0.15) is 67.2 Å². The van der Waals surface area contributed by atoms with Crippen LogP contribution in [0, 0.1) is 0 Å². The smallest absolute Gasteiger partial charge is 0.00944 e. The Balaban J connectivity index is 0.00000170. The maximum Gasteiger partial charge on any atom is -0.00944 e. The summed E-state index contributed by atoms with van der Waals surface area (Å²) < 4.78 is 0. The average molecular weight is 325 g/mol. The molecule has 0 aromatic carbocycles. The third-order valence-electron chi connectivity index (χ3n) is 4.05. The Morgan fingerprint density at radius 2 is 1.83 bits per heavy atom. The SMILES string of the molecule is C.C=C(/C=C\C)C1=C/CC=CC/C(C2=CC=C(C)CCC2)=C\1.CC. The summed E-state index contributed by atoms with van der Waals surface area (Å²) in [4.78, 5) is 0. The van der Waals surface area contributed by atoms with Crippen molar-refractivity contribution in [1.29, 1.82) is 0 Å². The molecule has 0 aromatic rings. The Labute approximate surface area is 150 Å². The van der Waals surface area contributed by atoms with Gasteiger partial charge in [-0.15, -0.1) is 0 Å². The van der Waals surface area contributed by atoms with Crippen molar-refractivity contribution in [3.05, 3.63) is 83.1 Å². The van der Waals surface area contributed by atoms with Crippen LogP contribution in [-0.2, 0) is 0 Å². The van der Waals surface area contributed by atoms with Crippen LogP contribution in [0.5, 0.6) is 0 Å². The fourth-order valence-corrected chi connectivity index (χ4v) is 2.79. The molecule has 0 saturated heterocycles. The molecule has 132 valence electrons. The quantitative estimate of drug-likeness (QED) is 0.364. The van der Waals surface area contributed by atoms with Crippen molar-refractivity contribution in [3.8, 4) is 0 Å². The van der Waals surface area contributed by atoms with Crippen LogP contribution in [0.25, 0.3) is 0 Å². The molecule has 0 N–H and O–H groups in total. The highest BCUT2D eigenvalue weighted by Crippen LogP contribution is 2.29. The zero-order valence-electron chi connectivity index (χ0n) is 15.4. The summed E-state index contributed by atoms with van der Waals surface area (Å²) in [7, 11) is 0. The van der Waals surface area contributed by atoms with Gasteiger partial charge in [-0.1, -0.05) is 82.0 Å². The molecule has 0 spiro atoms. The van der Waals surface area contributed by atoms with E-state index in [2.05, 4.69) is 62.1 Å². The molecule has 0 heterocycles. The lowest BCUT2D eigenvalue weighted by atomic mass is 9.92. The summed E-state index contributed by atoms with van der Waals surface area (Å²) in [5, 5.41) is 0. The molecule has 2 rings (SSSR count). The van der Waals surface area contributed by atoms with E-state index >= 15 is 0 Å². The van der Waals surface area contributed by atoms with Gasteiger partial charge in [0.1, 0.15) is 0 Å². The lowest BCUT2D eigenvalue weighted by Crippen LogP contribution is -1.94. The summed E-state index contributed by atoms with van der Waals surface area (Å²) >= 11 is 0. The third kappa shape index (κ3) is 7.17. The van der Waals surface area contributed by atoms with Gasteiger partial charge in [0.05, 0.1) is 0 Å². The van der Waals surface area contributed by atoms with Gasteiger partial charge in [-0.25, -0.2) is 0 Å². The number of hydrogen-bond acceptors (Lipinski definition) is 0. The van der Waals surface area contributed by atoms with Crippen LogP contribution in [0.3, 0.4) is 0 Å². The van der Waals surface area contributed by atoms with Gasteiger partial charge in [0, 0.05) is 0 Å². The first kappa shape index (κ1) is 22.2. The van der Waals surface area contributed by atoms with Crippen LogP contribution >= 0.6 is 0 Å². The highest BCUT2D eigenvalue weighted by Gasteiger charge is 2.09. The molecule has 0 unspecified atom stereocenters. The summed E-state index contributed by atoms with van der Waals surface area (Å²) in [5.74, 6) is 0. The van der Waals surface area contributed by atoms with Gasteiger partial charge >= 0.3 is 0 Å². The second-order valence-electron chi connectivity index (χ2n) is 5.82. The van der Waals surface area contributed by atoms with Crippen molar-refractivity contribution in [2.24, 2.45) is 0 Å². The Hall–Kier alpha value is -1.82. The third-order valence-corrected chi connectivity index (χ3v) is 4.05. The van der Waals surface area contributed by atoms with E-state index in [9.17, 15) is 0 Å². The highest BCUT2D eigenvalue weighted by molar-refractivity contribution is 5.51. The number of allylic oxidation sites excluding steroid dienone is 13. The number of hydrogen-bond donors (Lipinski definition) is 0. The van der Waals surface area contributed by atoms with E-state index < -0.39 is 0 Å². The lowest BCUT2D eigenvalue weighted by molar-refractivity contribution is 0.814. The van der Waals surface area contributed by atoms with E-state index in [1.165, 1.54) is 41.6 Å². The van der Waals surface area contributed by atoms with Gasteiger partial charge < -0.3 is 0 Å². The standard InChI is InChI=1S/C21H26.C2H6.CH4/c1-4-9-18(3)20-11-6-5-7-12-21(16-20)19-13-8-10-17(2)14-15-19;1-2;/h4-5,7,9,11,14-16H,3,6,8,10,12-13H2,1-2H3;1-2H3;1H4/b7-5?,9-4-,20-11+,21-16+;;. The molecule has 0 bridgehead atoms. The topological polar surface area (TPSA) is 0 Å². The molecular weight excluding hydrogens is 288 g/mol. The summed E-state index contributed by atoms with van der Waals surface area (Å²) in [5.41, 5.74) is 6.78. The van der Waals surface area contributed by atoms with E-state index in [0.717, 1.165) is 18.4 Å². The molecule has 2 aliphatic rings. The summed E-state index contributed by atoms with van der Waals surface area (Å²) in [6, 6.07) is 0. The predicted molar refractivity (Wildman–Crippen MR) is 112 cm³/mol.